The summed E-state index contributed by atoms with van der Waals surface area (Å²) in [6.45, 7) is 0.460. The monoisotopic (exact) mass is 272 g/mol. The van der Waals surface area contributed by atoms with Gasteiger partial charge in [-0.2, -0.15) is 0 Å². The predicted octanol–water partition coefficient (Wildman–Crippen LogP) is 2.57. The SMILES string of the molecule is O=[N+]([O-])c1ccnn1CCCc1nc2ccccc2o1. The molecule has 2 heterocycles. The van der Waals surface area contributed by atoms with Crippen molar-refractivity contribution in [1.29, 1.82) is 0 Å². The van der Waals surface area contributed by atoms with E-state index in [4.69, 9.17) is 4.42 Å². The van der Waals surface area contributed by atoms with E-state index < -0.39 is 4.92 Å². The summed E-state index contributed by atoms with van der Waals surface area (Å²) in [5, 5.41) is 14.7. The van der Waals surface area contributed by atoms with Crippen molar-refractivity contribution in [2.45, 2.75) is 19.4 Å². The number of aromatic nitrogens is 3. The first kappa shape index (κ1) is 12.3. The molecule has 0 aliphatic carbocycles. The fourth-order valence-electron chi connectivity index (χ4n) is 2.06. The van der Waals surface area contributed by atoms with E-state index in [-0.39, 0.29) is 5.82 Å². The number of aryl methyl sites for hydroxylation is 2. The van der Waals surface area contributed by atoms with Gasteiger partial charge in [0, 0.05) is 6.42 Å². The van der Waals surface area contributed by atoms with Crippen molar-refractivity contribution in [3.63, 3.8) is 0 Å². The second kappa shape index (κ2) is 5.12. The van der Waals surface area contributed by atoms with Crippen LogP contribution in [0.2, 0.25) is 0 Å². The summed E-state index contributed by atoms with van der Waals surface area (Å²) in [6, 6.07) is 8.94. The fraction of sp³-hybridized carbons (Fsp3) is 0.231. The van der Waals surface area contributed by atoms with Gasteiger partial charge in [0.1, 0.15) is 12.1 Å². The van der Waals surface area contributed by atoms with Crippen molar-refractivity contribution in [3.8, 4) is 0 Å². The quantitative estimate of drug-likeness (QED) is 0.526. The molecule has 0 atom stereocenters. The molecule has 1 aromatic carbocycles. The number of nitrogens with zero attached hydrogens (tertiary/aromatic N) is 4. The summed E-state index contributed by atoms with van der Waals surface area (Å²) in [5.74, 6) is 0.642. The van der Waals surface area contributed by atoms with Crippen LogP contribution in [0.5, 0.6) is 0 Å². The molecule has 2 aromatic heterocycles. The summed E-state index contributed by atoms with van der Waals surface area (Å²) >= 11 is 0. The molecule has 3 aromatic rings. The summed E-state index contributed by atoms with van der Waals surface area (Å²) in [4.78, 5) is 14.7. The van der Waals surface area contributed by atoms with Gasteiger partial charge in [-0.15, -0.1) is 4.68 Å². The second-order valence-corrected chi connectivity index (χ2v) is 4.35. The van der Waals surface area contributed by atoms with Crippen molar-refractivity contribution < 1.29 is 9.34 Å². The first-order valence-corrected chi connectivity index (χ1v) is 6.25. The maximum atomic E-state index is 10.7. The van der Waals surface area contributed by atoms with Gasteiger partial charge < -0.3 is 14.5 Å². The number of hydrogen-bond donors (Lipinski definition) is 0. The van der Waals surface area contributed by atoms with Crippen molar-refractivity contribution in [3.05, 3.63) is 52.5 Å². The average molecular weight is 272 g/mol. The van der Waals surface area contributed by atoms with Gasteiger partial charge >= 0.3 is 5.82 Å². The third-order valence-corrected chi connectivity index (χ3v) is 2.98. The van der Waals surface area contributed by atoms with E-state index in [0.717, 1.165) is 11.1 Å². The van der Waals surface area contributed by atoms with Crippen molar-refractivity contribution in [1.82, 2.24) is 14.8 Å². The molecular weight excluding hydrogens is 260 g/mol. The van der Waals surface area contributed by atoms with Crippen LogP contribution in [0.3, 0.4) is 0 Å². The summed E-state index contributed by atoms with van der Waals surface area (Å²) < 4.78 is 6.97. The summed E-state index contributed by atoms with van der Waals surface area (Å²) in [7, 11) is 0. The third-order valence-electron chi connectivity index (χ3n) is 2.98. The van der Waals surface area contributed by atoms with Gasteiger partial charge in [-0.05, 0) is 23.5 Å². The molecule has 0 aliphatic rings. The zero-order chi connectivity index (χ0) is 13.9. The van der Waals surface area contributed by atoms with Gasteiger partial charge in [0.25, 0.3) is 0 Å². The number of para-hydroxylation sites is 2. The molecule has 7 nitrogen and oxygen atoms in total. The van der Waals surface area contributed by atoms with Crippen LogP contribution in [0.4, 0.5) is 5.82 Å². The first-order valence-electron chi connectivity index (χ1n) is 6.25. The molecule has 0 fully saturated rings. The molecule has 0 bridgehead atoms. The third kappa shape index (κ3) is 2.37. The van der Waals surface area contributed by atoms with Crippen LogP contribution in [0.1, 0.15) is 12.3 Å². The Morgan fingerprint density at radius 1 is 1.30 bits per heavy atom. The maximum Gasteiger partial charge on any atom is 0.344 e. The summed E-state index contributed by atoms with van der Waals surface area (Å²) in [5.41, 5.74) is 1.58. The van der Waals surface area contributed by atoms with Crippen molar-refractivity contribution in [2.75, 3.05) is 0 Å². The molecule has 3 rings (SSSR count). The van der Waals surface area contributed by atoms with Gasteiger partial charge in [0.15, 0.2) is 11.5 Å². The van der Waals surface area contributed by atoms with Gasteiger partial charge in [0.05, 0.1) is 12.3 Å². The van der Waals surface area contributed by atoms with Crippen LogP contribution >= 0.6 is 0 Å². The number of fused-ring (bicyclic) bond motifs is 1. The standard InChI is InChI=1S/C13H12N4O3/c18-17(19)13-7-8-14-16(13)9-3-6-12-15-10-4-1-2-5-11(10)20-12/h1-2,4-5,7-8H,3,6,9H2. The predicted molar refractivity (Wildman–Crippen MR) is 71.2 cm³/mol. The number of rotatable bonds is 5. The normalized spacial score (nSPS) is 11.0. The molecular formula is C13H12N4O3. The lowest BCUT2D eigenvalue weighted by atomic mass is 10.3. The molecule has 0 saturated heterocycles. The largest absolute Gasteiger partial charge is 0.441 e. The Hall–Kier alpha value is -2.70. The van der Waals surface area contributed by atoms with Gasteiger partial charge in [-0.1, -0.05) is 17.2 Å². The number of benzene rings is 1. The van der Waals surface area contributed by atoms with Crippen LogP contribution in [-0.4, -0.2) is 19.7 Å². The Kier molecular flexibility index (Phi) is 3.16. The molecule has 0 unspecified atom stereocenters. The van der Waals surface area contributed by atoms with E-state index in [2.05, 4.69) is 10.1 Å². The summed E-state index contributed by atoms with van der Waals surface area (Å²) in [6.07, 6.45) is 2.72. The van der Waals surface area contributed by atoms with Crippen molar-refractivity contribution >= 4 is 16.9 Å². The fourth-order valence-corrected chi connectivity index (χ4v) is 2.06. The second-order valence-electron chi connectivity index (χ2n) is 4.35. The minimum Gasteiger partial charge on any atom is -0.441 e. The average Bonchev–Trinajstić information content (AvgIpc) is 3.04. The topological polar surface area (TPSA) is 87.0 Å². The van der Waals surface area contributed by atoms with Gasteiger partial charge in [-0.3, -0.25) is 0 Å². The molecule has 0 amide bonds. The zero-order valence-electron chi connectivity index (χ0n) is 10.6. The van der Waals surface area contributed by atoms with E-state index in [1.807, 2.05) is 24.3 Å². The van der Waals surface area contributed by atoms with Crippen molar-refractivity contribution in [2.24, 2.45) is 0 Å². The Morgan fingerprint density at radius 3 is 2.95 bits per heavy atom. The lowest BCUT2D eigenvalue weighted by molar-refractivity contribution is -0.392. The zero-order valence-corrected chi connectivity index (χ0v) is 10.6. The Balaban J connectivity index is 1.65. The Bertz CT molecular complexity index is 714. The van der Waals surface area contributed by atoms with Crippen LogP contribution in [0.15, 0.2) is 40.9 Å². The maximum absolute atomic E-state index is 10.7. The van der Waals surface area contributed by atoms with Crippen LogP contribution < -0.4 is 0 Å². The molecule has 0 spiro atoms. The highest BCUT2D eigenvalue weighted by Gasteiger charge is 2.13. The Labute approximate surface area is 114 Å². The smallest absolute Gasteiger partial charge is 0.344 e. The van der Waals surface area contributed by atoms with Gasteiger partial charge in [0.2, 0.25) is 0 Å². The number of oxazole rings is 1. The van der Waals surface area contributed by atoms with E-state index in [9.17, 15) is 10.1 Å². The number of hydrogen-bond acceptors (Lipinski definition) is 5. The molecule has 0 radical (unpaired) electrons. The molecule has 0 N–H and O–H groups in total. The van der Waals surface area contributed by atoms with E-state index >= 15 is 0 Å². The lowest BCUT2D eigenvalue weighted by Crippen LogP contribution is -2.05. The van der Waals surface area contributed by atoms with E-state index in [1.54, 1.807) is 0 Å². The van der Waals surface area contributed by atoms with Crippen LogP contribution in [0.25, 0.3) is 11.1 Å². The van der Waals surface area contributed by atoms with E-state index in [0.29, 0.717) is 25.3 Å². The minimum absolute atomic E-state index is 0.00238. The first-order chi connectivity index (χ1) is 9.74. The van der Waals surface area contributed by atoms with Crippen LogP contribution in [-0.2, 0) is 13.0 Å². The lowest BCUT2D eigenvalue weighted by Gasteiger charge is -1.98. The molecule has 7 heteroatoms. The highest BCUT2D eigenvalue weighted by atomic mass is 16.6. The number of nitro groups is 1. The van der Waals surface area contributed by atoms with E-state index in [1.165, 1.54) is 16.9 Å². The molecule has 0 saturated carbocycles. The highest BCUT2D eigenvalue weighted by molar-refractivity contribution is 5.72. The highest BCUT2D eigenvalue weighted by Crippen LogP contribution is 2.16. The molecule has 0 aliphatic heterocycles. The van der Waals surface area contributed by atoms with Crippen LogP contribution in [0, 0.1) is 10.1 Å². The Morgan fingerprint density at radius 2 is 2.15 bits per heavy atom. The van der Waals surface area contributed by atoms with Gasteiger partial charge in [-0.25, -0.2) is 4.98 Å². The molecule has 20 heavy (non-hydrogen) atoms. The minimum atomic E-state index is -0.438. The molecule has 102 valence electrons.